The first-order chi connectivity index (χ1) is 18.6. The highest BCUT2D eigenvalue weighted by molar-refractivity contribution is 6.14. The third kappa shape index (κ3) is 2.94. The molecule has 1 aliphatic heterocycles. The molecule has 5 heterocycles. The molecule has 0 saturated heterocycles. The third-order valence-electron chi connectivity index (χ3n) is 8.57. The Morgan fingerprint density at radius 3 is 2.63 bits per heavy atom. The van der Waals surface area contributed by atoms with Crippen LogP contribution >= 0.6 is 0 Å². The monoisotopic (exact) mass is 506 g/mol. The van der Waals surface area contributed by atoms with Crippen LogP contribution in [0.25, 0.3) is 55.1 Å². The Morgan fingerprint density at radius 1 is 0.947 bits per heavy atom. The summed E-state index contributed by atoms with van der Waals surface area (Å²) >= 11 is 0. The maximum atomic E-state index is 14.0. The molecule has 6 aromatic rings. The fourth-order valence-electron chi connectivity index (χ4n) is 6.81. The van der Waals surface area contributed by atoms with E-state index in [1.807, 2.05) is 27.4 Å². The van der Waals surface area contributed by atoms with E-state index in [0.717, 1.165) is 54.0 Å². The molecule has 2 aliphatic rings. The number of aromatic nitrogens is 4. The SMILES string of the molecule is O=c1ccc2c(c1)oc1c(-c3cc4cccc5c4n(c3=O)CC5)c3c(=O)[nH]n(C4CCCCCC4)c3[nH]c12. The number of furan rings is 1. The van der Waals surface area contributed by atoms with E-state index in [1.165, 1.54) is 25.0 Å². The van der Waals surface area contributed by atoms with Gasteiger partial charge in [0.1, 0.15) is 11.2 Å². The van der Waals surface area contributed by atoms with Crippen LogP contribution in [0.15, 0.2) is 61.3 Å². The van der Waals surface area contributed by atoms with Crippen molar-refractivity contribution in [2.24, 2.45) is 0 Å². The van der Waals surface area contributed by atoms with E-state index in [0.29, 0.717) is 45.4 Å². The Labute approximate surface area is 215 Å². The molecule has 0 bridgehead atoms. The minimum atomic E-state index is -0.253. The number of H-pyrrole nitrogens is 2. The first-order valence-electron chi connectivity index (χ1n) is 13.5. The summed E-state index contributed by atoms with van der Waals surface area (Å²) in [6, 6.07) is 12.9. The molecule has 4 aromatic heterocycles. The maximum absolute atomic E-state index is 14.0. The summed E-state index contributed by atoms with van der Waals surface area (Å²) < 4.78 is 10.1. The van der Waals surface area contributed by atoms with Gasteiger partial charge in [0.05, 0.1) is 28.0 Å². The van der Waals surface area contributed by atoms with Gasteiger partial charge < -0.3 is 14.0 Å². The van der Waals surface area contributed by atoms with Crippen LogP contribution in [0.2, 0.25) is 0 Å². The highest BCUT2D eigenvalue weighted by Crippen LogP contribution is 2.39. The van der Waals surface area contributed by atoms with Crippen molar-refractivity contribution < 1.29 is 4.42 Å². The van der Waals surface area contributed by atoms with E-state index in [9.17, 15) is 14.4 Å². The first-order valence-corrected chi connectivity index (χ1v) is 13.5. The van der Waals surface area contributed by atoms with E-state index in [2.05, 4.69) is 16.1 Å². The number of fused-ring (bicyclic) bond motifs is 4. The molecule has 2 aromatic carbocycles. The van der Waals surface area contributed by atoms with Crippen molar-refractivity contribution in [3.8, 4) is 11.1 Å². The summed E-state index contributed by atoms with van der Waals surface area (Å²) in [5, 5.41) is 5.23. The lowest BCUT2D eigenvalue weighted by molar-refractivity contribution is 0.413. The van der Waals surface area contributed by atoms with Crippen LogP contribution in [0.4, 0.5) is 0 Å². The number of nitrogens with zero attached hydrogens (tertiary/aromatic N) is 2. The smallest absolute Gasteiger partial charge is 0.274 e. The van der Waals surface area contributed by atoms with E-state index in [1.54, 1.807) is 6.07 Å². The summed E-state index contributed by atoms with van der Waals surface area (Å²) in [6.07, 6.45) is 7.39. The Morgan fingerprint density at radius 2 is 1.79 bits per heavy atom. The molecule has 1 fully saturated rings. The van der Waals surface area contributed by atoms with Crippen LogP contribution in [0.1, 0.15) is 50.1 Å². The molecule has 8 heteroatoms. The van der Waals surface area contributed by atoms with Gasteiger partial charge in [-0.05, 0) is 48.4 Å². The van der Waals surface area contributed by atoms with Crippen molar-refractivity contribution in [1.82, 2.24) is 19.3 Å². The lowest BCUT2D eigenvalue weighted by Gasteiger charge is -2.17. The van der Waals surface area contributed by atoms with Gasteiger partial charge in [-0.3, -0.25) is 24.2 Å². The lowest BCUT2D eigenvalue weighted by Crippen LogP contribution is -2.20. The van der Waals surface area contributed by atoms with Crippen LogP contribution in [0, 0.1) is 0 Å². The third-order valence-corrected chi connectivity index (χ3v) is 8.57. The van der Waals surface area contributed by atoms with Crippen molar-refractivity contribution in [2.45, 2.75) is 57.5 Å². The first kappa shape index (κ1) is 21.7. The fourth-order valence-corrected chi connectivity index (χ4v) is 6.81. The number of aromatic amines is 2. The molecule has 0 radical (unpaired) electrons. The second kappa shape index (κ2) is 7.84. The normalized spacial score (nSPS) is 16.3. The number of rotatable bonds is 2. The predicted molar refractivity (Wildman–Crippen MR) is 148 cm³/mol. The molecule has 0 amide bonds. The molecule has 190 valence electrons. The summed E-state index contributed by atoms with van der Waals surface area (Å²) in [5.41, 5.74) is 4.68. The minimum absolute atomic E-state index is 0.136. The Balaban J connectivity index is 1.54. The Kier molecular flexibility index (Phi) is 4.48. The highest BCUT2D eigenvalue weighted by Gasteiger charge is 2.28. The van der Waals surface area contributed by atoms with Crippen LogP contribution in [-0.4, -0.2) is 19.3 Å². The topological polar surface area (TPSA) is 106 Å². The summed E-state index contributed by atoms with van der Waals surface area (Å²) in [4.78, 5) is 43.3. The molecule has 0 atom stereocenters. The van der Waals surface area contributed by atoms with Gasteiger partial charge >= 0.3 is 0 Å². The number of hydrogen-bond acceptors (Lipinski definition) is 4. The van der Waals surface area contributed by atoms with Crippen molar-refractivity contribution in [1.29, 1.82) is 0 Å². The van der Waals surface area contributed by atoms with E-state index < -0.39 is 0 Å². The van der Waals surface area contributed by atoms with Gasteiger partial charge in [-0.15, -0.1) is 0 Å². The average Bonchev–Trinajstić information content (AvgIpc) is 3.52. The van der Waals surface area contributed by atoms with Crippen molar-refractivity contribution >= 4 is 44.0 Å². The van der Waals surface area contributed by atoms with Gasteiger partial charge in [0.2, 0.25) is 0 Å². The van der Waals surface area contributed by atoms with E-state index in [4.69, 9.17) is 4.42 Å². The van der Waals surface area contributed by atoms with Gasteiger partial charge in [-0.1, -0.05) is 43.9 Å². The molecule has 0 spiro atoms. The number of benzene rings is 2. The van der Waals surface area contributed by atoms with Gasteiger partial charge in [-0.25, -0.2) is 0 Å². The van der Waals surface area contributed by atoms with Gasteiger partial charge in [0.25, 0.3) is 11.1 Å². The highest BCUT2D eigenvalue weighted by atomic mass is 16.3. The molecule has 8 rings (SSSR count). The van der Waals surface area contributed by atoms with Gasteiger partial charge in [-0.2, -0.15) is 0 Å². The van der Waals surface area contributed by atoms with Crippen LogP contribution < -0.4 is 16.5 Å². The number of nitrogens with one attached hydrogen (secondary N) is 2. The molecule has 2 N–H and O–H groups in total. The fraction of sp³-hybridized carbons (Fsp3) is 0.300. The average molecular weight is 507 g/mol. The zero-order chi connectivity index (χ0) is 25.5. The second-order valence-electron chi connectivity index (χ2n) is 10.8. The van der Waals surface area contributed by atoms with Gasteiger partial charge in [0, 0.05) is 23.6 Å². The lowest BCUT2D eigenvalue weighted by atomic mass is 10.0. The van der Waals surface area contributed by atoms with Crippen molar-refractivity contribution in [2.75, 3.05) is 0 Å². The largest absolute Gasteiger partial charge is 0.454 e. The molecule has 1 saturated carbocycles. The van der Waals surface area contributed by atoms with E-state index >= 15 is 0 Å². The van der Waals surface area contributed by atoms with Crippen LogP contribution in [0.5, 0.6) is 0 Å². The molecule has 1 aliphatic carbocycles. The predicted octanol–water partition coefficient (Wildman–Crippen LogP) is 5.35. The molecule has 38 heavy (non-hydrogen) atoms. The number of pyridine rings is 2. The van der Waals surface area contributed by atoms with Crippen LogP contribution in [-0.2, 0) is 13.0 Å². The van der Waals surface area contributed by atoms with Crippen molar-refractivity contribution in [3.63, 3.8) is 0 Å². The van der Waals surface area contributed by atoms with E-state index in [-0.39, 0.29) is 22.6 Å². The minimum Gasteiger partial charge on any atom is -0.454 e. The molecule has 0 unspecified atom stereocenters. The zero-order valence-corrected chi connectivity index (χ0v) is 20.8. The quantitative estimate of drug-likeness (QED) is 0.309. The molecular weight excluding hydrogens is 480 g/mol. The van der Waals surface area contributed by atoms with Crippen molar-refractivity contribution in [3.05, 3.63) is 79.0 Å². The molecule has 8 nitrogen and oxygen atoms in total. The number of aryl methyl sites for hydroxylation is 2. The summed E-state index contributed by atoms with van der Waals surface area (Å²) in [5.74, 6) is 0. The summed E-state index contributed by atoms with van der Waals surface area (Å²) in [7, 11) is 0. The van der Waals surface area contributed by atoms with Crippen LogP contribution in [0.3, 0.4) is 0 Å². The molecular formula is C30H26N4O4. The zero-order valence-electron chi connectivity index (χ0n) is 20.8. The number of hydrogen-bond donors (Lipinski definition) is 2. The Hall–Kier alpha value is -4.33. The Bertz CT molecular complexity index is 2110. The number of para-hydroxylation sites is 1. The standard InChI is InChI=1S/C30H26N4O4/c35-19-10-11-20-22(15-19)38-27-23(21-14-17-7-5-6-16-12-13-33(26(16)17)30(21)37)24-28(31-25(20)27)34(32-29(24)36)18-8-3-1-2-4-9-18/h5-7,10-11,14-15,18,31H,1-4,8-9,12-13H2,(H,32,36). The second-order valence-corrected chi connectivity index (χ2v) is 10.8. The maximum Gasteiger partial charge on any atom is 0.274 e. The van der Waals surface area contributed by atoms with Gasteiger partial charge in [0.15, 0.2) is 11.0 Å². The summed E-state index contributed by atoms with van der Waals surface area (Å²) in [6.45, 7) is 0.604.